The minimum Gasteiger partial charge on any atom is -0.492 e. The molecule has 2 amide bonds. The molecular formula is C23H35N8O6+. The van der Waals surface area contributed by atoms with Gasteiger partial charge in [0.15, 0.2) is 12.0 Å². The molecule has 5 rings (SSSR count). The fourth-order valence-electron chi connectivity index (χ4n) is 5.40. The molecule has 0 bridgehead atoms. The molecule has 0 aliphatic carbocycles. The van der Waals surface area contributed by atoms with Gasteiger partial charge in [-0.25, -0.2) is 15.1 Å². The number of aryl methyl sites for hydroxylation is 1. The van der Waals surface area contributed by atoms with Crippen LogP contribution in [0.2, 0.25) is 0 Å². The number of ether oxygens (including phenoxy) is 2. The van der Waals surface area contributed by atoms with E-state index >= 15 is 0 Å². The smallest absolute Gasteiger partial charge is 0.406 e. The Labute approximate surface area is 214 Å². The summed E-state index contributed by atoms with van der Waals surface area (Å²) in [5.74, 6) is -2.51. The second kappa shape index (κ2) is 9.94. The lowest BCUT2D eigenvalue weighted by Crippen LogP contribution is -2.90. The van der Waals surface area contributed by atoms with Crippen LogP contribution in [0.15, 0.2) is 23.2 Å². The van der Waals surface area contributed by atoms with Crippen molar-refractivity contribution in [3.63, 3.8) is 0 Å². The fourth-order valence-corrected chi connectivity index (χ4v) is 5.40. The summed E-state index contributed by atoms with van der Waals surface area (Å²) in [5, 5.41) is 31.2. The zero-order valence-corrected chi connectivity index (χ0v) is 21.1. The third-order valence-electron chi connectivity index (χ3n) is 7.01. The van der Waals surface area contributed by atoms with Crippen LogP contribution in [-0.2, 0) is 11.2 Å². The third kappa shape index (κ3) is 4.15. The highest BCUT2D eigenvalue weighted by molar-refractivity contribution is 5.98. The highest BCUT2D eigenvalue weighted by Gasteiger charge is 2.76. The first-order chi connectivity index (χ1) is 17.7. The molecular weight excluding hydrogens is 484 g/mol. The molecule has 4 heterocycles. The molecule has 1 aromatic carbocycles. The van der Waals surface area contributed by atoms with Crippen molar-refractivity contribution in [3.8, 4) is 5.75 Å². The van der Waals surface area contributed by atoms with Crippen LogP contribution >= 0.6 is 0 Å². The lowest BCUT2D eigenvalue weighted by atomic mass is 9.85. The summed E-state index contributed by atoms with van der Waals surface area (Å²) >= 11 is 0. The van der Waals surface area contributed by atoms with Gasteiger partial charge in [0, 0.05) is 6.54 Å². The molecule has 1 saturated heterocycles. The fraction of sp³-hybridized carbons (Fsp3) is 0.565. The zero-order chi connectivity index (χ0) is 27.0. The van der Waals surface area contributed by atoms with E-state index in [0.717, 1.165) is 18.4 Å². The number of amides is 2. The lowest BCUT2D eigenvalue weighted by Gasteiger charge is -2.46. The number of methoxy groups -OCH3 is 1. The van der Waals surface area contributed by atoms with Gasteiger partial charge in [0.25, 0.3) is 11.6 Å². The monoisotopic (exact) mass is 519 g/mol. The number of hydrogen-bond acceptors (Lipinski definition) is 11. The number of para-hydroxylation sites is 1. The summed E-state index contributed by atoms with van der Waals surface area (Å²) in [6.45, 7) is 4.41. The van der Waals surface area contributed by atoms with E-state index in [0.29, 0.717) is 17.9 Å². The molecule has 4 atom stereocenters. The number of fused-ring (bicyclic) bond motifs is 1. The summed E-state index contributed by atoms with van der Waals surface area (Å²) in [4.78, 5) is 33.7. The first-order valence-electron chi connectivity index (χ1n) is 12.3. The van der Waals surface area contributed by atoms with Crippen LogP contribution in [0.25, 0.3) is 0 Å². The number of hydrogen-bond donors (Lipinski definition) is 8. The summed E-state index contributed by atoms with van der Waals surface area (Å²) in [6, 6.07) is 2.56. The molecule has 1 spiro atoms. The Kier molecular flexibility index (Phi) is 7.06. The van der Waals surface area contributed by atoms with Gasteiger partial charge in [-0.2, -0.15) is 0 Å². The number of carbonyl (C=O) groups excluding carboxylic acids is 2. The number of rotatable bonds is 4. The molecule has 10 N–H and O–H groups in total. The number of carbonyl (C=O) groups is 2. The molecule has 0 saturated carbocycles. The first-order valence-corrected chi connectivity index (χ1v) is 12.3. The van der Waals surface area contributed by atoms with Crippen molar-refractivity contribution in [2.24, 2.45) is 16.5 Å². The second-order valence-electron chi connectivity index (χ2n) is 8.96. The zero-order valence-electron chi connectivity index (χ0n) is 21.1. The van der Waals surface area contributed by atoms with Crippen molar-refractivity contribution >= 4 is 23.9 Å². The molecule has 4 aliphatic rings. The topological polar surface area (TPSA) is 211 Å². The Morgan fingerprint density at radius 3 is 2.84 bits per heavy atom. The number of aliphatic hydroxyl groups is 2. The van der Waals surface area contributed by atoms with Gasteiger partial charge < -0.3 is 36.1 Å². The normalized spacial score (nSPS) is 28.5. The van der Waals surface area contributed by atoms with E-state index in [-0.39, 0.29) is 25.0 Å². The van der Waals surface area contributed by atoms with Gasteiger partial charge in [-0.1, -0.05) is 26.0 Å². The highest BCUT2D eigenvalue weighted by atomic mass is 16.5. The minimum absolute atomic E-state index is 0.00781. The van der Waals surface area contributed by atoms with Gasteiger partial charge in [-0.15, -0.1) is 0 Å². The number of benzene rings is 1. The Morgan fingerprint density at radius 1 is 1.35 bits per heavy atom. The van der Waals surface area contributed by atoms with Gasteiger partial charge >= 0.3 is 12.1 Å². The van der Waals surface area contributed by atoms with Crippen LogP contribution in [0.1, 0.15) is 36.2 Å². The molecule has 1 fully saturated rings. The van der Waals surface area contributed by atoms with Crippen LogP contribution in [-0.4, -0.2) is 95.4 Å². The summed E-state index contributed by atoms with van der Waals surface area (Å²) in [6.07, 6.45) is 0.973. The van der Waals surface area contributed by atoms with Gasteiger partial charge in [0.05, 0.1) is 25.8 Å². The number of guanidine groups is 2. The molecule has 37 heavy (non-hydrogen) atoms. The van der Waals surface area contributed by atoms with Gasteiger partial charge in [0.1, 0.15) is 17.8 Å². The summed E-state index contributed by atoms with van der Waals surface area (Å²) in [7, 11) is 1.23. The average Bonchev–Trinajstić information content (AvgIpc) is 3.37. The maximum Gasteiger partial charge on any atom is 0.406 e. The number of nitrogens with one attached hydrogen (secondary N) is 4. The number of nitrogens with zero attached hydrogens (tertiary/aromatic N) is 2. The van der Waals surface area contributed by atoms with Crippen LogP contribution in [0.5, 0.6) is 5.75 Å². The van der Waals surface area contributed by atoms with Crippen molar-refractivity contribution in [1.29, 1.82) is 0 Å². The minimum atomic E-state index is -2.55. The van der Waals surface area contributed by atoms with Gasteiger partial charge in [-0.3, -0.25) is 20.4 Å². The number of alkyl carbamates (subject to hydrolysis) is 1. The van der Waals surface area contributed by atoms with Crippen LogP contribution in [0.3, 0.4) is 0 Å². The van der Waals surface area contributed by atoms with E-state index in [9.17, 15) is 19.8 Å². The number of aliphatic imine (C=N–C) groups is 1. The van der Waals surface area contributed by atoms with E-state index in [1.54, 1.807) is 12.1 Å². The third-order valence-corrected chi connectivity index (χ3v) is 7.01. The first kappa shape index (κ1) is 26.3. The molecule has 0 aromatic heterocycles. The van der Waals surface area contributed by atoms with Crippen molar-refractivity contribution in [3.05, 3.63) is 29.3 Å². The van der Waals surface area contributed by atoms with E-state index in [2.05, 4.69) is 30.7 Å². The molecule has 0 unspecified atom stereocenters. The van der Waals surface area contributed by atoms with E-state index < -0.39 is 41.6 Å². The van der Waals surface area contributed by atoms with Crippen LogP contribution in [0.4, 0.5) is 4.79 Å². The number of nitrogens with two attached hydrogens (primary N) is 2. The van der Waals surface area contributed by atoms with E-state index in [1.165, 1.54) is 12.0 Å². The molecule has 4 aliphatic heterocycles. The Morgan fingerprint density at radius 2 is 2.11 bits per heavy atom. The van der Waals surface area contributed by atoms with Crippen molar-refractivity contribution < 1.29 is 34.3 Å². The Balaban J connectivity index is 0.00000156. The maximum atomic E-state index is 13.3. The van der Waals surface area contributed by atoms with Crippen LogP contribution in [0, 0.1) is 0 Å². The SMILES string of the molecule is CC.COC(=O)NC[C@@H]1N=C(N)N2C[C@H](NC(=O)c3cccc4c3OCCC4)C(O)(O)[C@@]23NC(N)=[NH+][C@@H]13. The summed E-state index contributed by atoms with van der Waals surface area (Å²) in [5.41, 5.74) is 11.8. The van der Waals surface area contributed by atoms with E-state index in [4.69, 9.17) is 16.2 Å². The lowest BCUT2D eigenvalue weighted by molar-refractivity contribution is -0.521. The van der Waals surface area contributed by atoms with Crippen molar-refractivity contribution in [2.75, 3.05) is 26.8 Å². The Hall–Kier alpha value is -3.78. The molecule has 1 aromatic rings. The molecule has 14 heteroatoms. The van der Waals surface area contributed by atoms with Gasteiger partial charge in [0.2, 0.25) is 5.79 Å². The standard InChI is InChI=1S/C21H28N8O6.C2H6/c1-34-19(31)24-8-12-15-20(28-17(22)27-15)21(32,33)13(9-29(20)18(23)25-12)26-16(30)11-6-2-4-10-5-3-7-35-14(10)11;1-2/h2,4,6,12-13,15,32-33H,3,5,7-9H2,1H3,(H2,23,25)(H,24,31)(H,26,30)(H3,22,27,28);1-2H3/p+1/t12-,13-,15-,20-;/m0./s1. The van der Waals surface area contributed by atoms with Crippen molar-refractivity contribution in [1.82, 2.24) is 20.9 Å². The largest absolute Gasteiger partial charge is 0.492 e. The molecule has 202 valence electrons. The highest BCUT2D eigenvalue weighted by Crippen LogP contribution is 2.41. The predicted molar refractivity (Wildman–Crippen MR) is 132 cm³/mol. The summed E-state index contributed by atoms with van der Waals surface area (Å²) < 4.78 is 10.3. The second-order valence-corrected chi connectivity index (χ2v) is 8.96. The molecule has 14 nitrogen and oxygen atoms in total. The molecule has 0 radical (unpaired) electrons. The predicted octanol–water partition coefficient (Wildman–Crippen LogP) is -3.75. The quantitative estimate of drug-likeness (QED) is 0.182. The average molecular weight is 520 g/mol. The van der Waals surface area contributed by atoms with Gasteiger partial charge in [-0.05, 0) is 24.5 Å². The van der Waals surface area contributed by atoms with Crippen molar-refractivity contribution in [2.45, 2.75) is 56.3 Å². The Bertz CT molecular complexity index is 1120. The van der Waals surface area contributed by atoms with Crippen LogP contribution < -0.4 is 37.1 Å². The van der Waals surface area contributed by atoms with E-state index in [1.807, 2.05) is 19.9 Å². The maximum absolute atomic E-state index is 13.3.